The Morgan fingerprint density at radius 3 is 0.792 bits per heavy atom. The molecule has 438 valence electrons. The molecule has 0 aliphatic rings. The molecule has 0 bridgehead atoms. The molecule has 6 nitrogen and oxygen atoms in total. The van der Waals surface area contributed by atoms with Crippen LogP contribution in [0, 0.1) is 0 Å². The van der Waals surface area contributed by atoms with Gasteiger partial charge in [-0.25, -0.2) is 0 Å². The molecule has 0 aromatic heterocycles. The Morgan fingerprint density at radius 1 is 0.273 bits per heavy atom. The first kappa shape index (κ1) is 72.8. The van der Waals surface area contributed by atoms with Crippen LogP contribution in [0.25, 0.3) is 0 Å². The lowest BCUT2D eigenvalue weighted by Crippen LogP contribution is -2.30. The summed E-state index contributed by atoms with van der Waals surface area (Å²) in [5.41, 5.74) is 0. The van der Waals surface area contributed by atoms with Crippen molar-refractivity contribution in [3.8, 4) is 0 Å². The van der Waals surface area contributed by atoms with Gasteiger partial charge in [0.25, 0.3) is 0 Å². The van der Waals surface area contributed by atoms with Crippen LogP contribution in [0.4, 0.5) is 0 Å². The summed E-state index contributed by atoms with van der Waals surface area (Å²) in [6, 6.07) is 0. The van der Waals surface area contributed by atoms with E-state index in [0.717, 1.165) is 135 Å². The summed E-state index contributed by atoms with van der Waals surface area (Å²) < 4.78 is 16.9. The van der Waals surface area contributed by atoms with E-state index in [9.17, 15) is 14.4 Å². The summed E-state index contributed by atoms with van der Waals surface area (Å²) in [5, 5.41) is 0. The summed E-state index contributed by atoms with van der Waals surface area (Å²) >= 11 is 0. The monoisotopic (exact) mass is 1070 g/mol. The van der Waals surface area contributed by atoms with Gasteiger partial charge in [-0.05, 0) is 128 Å². The molecule has 0 rings (SSSR count). The Kier molecular flexibility index (Phi) is 60.8. The van der Waals surface area contributed by atoms with Crippen LogP contribution in [0.2, 0.25) is 0 Å². The molecular weight excluding hydrogens is 949 g/mol. The van der Waals surface area contributed by atoms with E-state index in [1.54, 1.807) is 0 Å². The predicted octanol–water partition coefficient (Wildman–Crippen LogP) is 22.0. The van der Waals surface area contributed by atoms with E-state index >= 15 is 0 Å². The number of hydrogen-bond donors (Lipinski definition) is 0. The van der Waals surface area contributed by atoms with Crippen molar-refractivity contribution in [2.45, 2.75) is 297 Å². The van der Waals surface area contributed by atoms with Gasteiger partial charge < -0.3 is 14.2 Å². The Labute approximate surface area is 475 Å². The summed E-state index contributed by atoms with van der Waals surface area (Å²) in [6.45, 7) is 6.39. The molecule has 0 aromatic rings. The lowest BCUT2D eigenvalue weighted by Gasteiger charge is -2.18. The molecule has 6 heteroatoms. The van der Waals surface area contributed by atoms with Crippen molar-refractivity contribution < 1.29 is 28.6 Å². The zero-order valence-electron chi connectivity index (χ0n) is 50.2. The highest BCUT2D eigenvalue weighted by molar-refractivity contribution is 5.71. The van der Waals surface area contributed by atoms with Crippen LogP contribution in [0.15, 0.2) is 122 Å². The summed E-state index contributed by atoms with van der Waals surface area (Å²) in [6.07, 6.45) is 89.0. The number of allylic oxidation sites excluding steroid dienone is 20. The molecular formula is C71H118O6. The van der Waals surface area contributed by atoms with Crippen LogP contribution in [0.3, 0.4) is 0 Å². The molecule has 0 N–H and O–H groups in total. The standard InChI is InChI=1S/C71H118O6/c1-4-7-10-13-16-19-22-25-28-31-33-35-37-40-43-46-49-52-55-58-61-64-70(73)76-67-68(66-75-69(72)63-60-57-54-51-48-45-42-39-30-27-24-21-18-15-12-9-6-3)77-71(74)65-62-59-56-53-50-47-44-41-38-36-34-32-29-26-23-20-17-14-11-8-5-2/h7-8,10-11,16-21,25-30,33-36,68H,4-6,9,12-15,22-24,31-32,37-67H2,1-3H3/b10-7-,11-8-,19-16-,20-17-,21-18-,28-25-,29-26-,30-27-,35-33-,36-34-. The summed E-state index contributed by atoms with van der Waals surface area (Å²) in [4.78, 5) is 38.4. The molecule has 0 radical (unpaired) electrons. The van der Waals surface area contributed by atoms with Crippen LogP contribution in [0.5, 0.6) is 0 Å². The second kappa shape index (κ2) is 64.3. The minimum atomic E-state index is -0.795. The third-order valence-corrected chi connectivity index (χ3v) is 13.4. The second-order valence-electron chi connectivity index (χ2n) is 20.9. The van der Waals surface area contributed by atoms with Gasteiger partial charge >= 0.3 is 17.9 Å². The average molecular weight is 1070 g/mol. The molecule has 0 spiro atoms. The lowest BCUT2D eigenvalue weighted by atomic mass is 10.1. The van der Waals surface area contributed by atoms with E-state index in [0.29, 0.717) is 19.3 Å². The number of carbonyl (C=O) groups excluding carboxylic acids is 3. The Balaban J connectivity index is 4.44. The molecule has 0 fully saturated rings. The van der Waals surface area contributed by atoms with Gasteiger partial charge in [0.1, 0.15) is 13.2 Å². The van der Waals surface area contributed by atoms with Crippen LogP contribution >= 0.6 is 0 Å². The maximum absolute atomic E-state index is 12.9. The molecule has 0 saturated heterocycles. The van der Waals surface area contributed by atoms with Gasteiger partial charge in [0.2, 0.25) is 0 Å². The van der Waals surface area contributed by atoms with Gasteiger partial charge in [-0.1, -0.05) is 264 Å². The lowest BCUT2D eigenvalue weighted by molar-refractivity contribution is -0.167. The predicted molar refractivity (Wildman–Crippen MR) is 334 cm³/mol. The van der Waals surface area contributed by atoms with Gasteiger partial charge in [-0.15, -0.1) is 0 Å². The van der Waals surface area contributed by atoms with Crippen LogP contribution in [0.1, 0.15) is 290 Å². The molecule has 77 heavy (non-hydrogen) atoms. The number of esters is 3. The van der Waals surface area contributed by atoms with Crippen molar-refractivity contribution in [1.29, 1.82) is 0 Å². The molecule has 0 aliphatic heterocycles. The van der Waals surface area contributed by atoms with Gasteiger partial charge in [-0.3, -0.25) is 14.4 Å². The first-order chi connectivity index (χ1) is 38.0. The minimum Gasteiger partial charge on any atom is -0.462 e. The zero-order valence-corrected chi connectivity index (χ0v) is 50.2. The van der Waals surface area contributed by atoms with Crippen molar-refractivity contribution >= 4 is 17.9 Å². The van der Waals surface area contributed by atoms with E-state index < -0.39 is 6.10 Å². The Hall–Kier alpha value is -4.19. The van der Waals surface area contributed by atoms with Crippen molar-refractivity contribution in [3.05, 3.63) is 122 Å². The van der Waals surface area contributed by atoms with Gasteiger partial charge in [0, 0.05) is 19.3 Å². The van der Waals surface area contributed by atoms with Gasteiger partial charge in [0.15, 0.2) is 6.10 Å². The molecule has 0 heterocycles. The molecule has 1 atom stereocenters. The Morgan fingerprint density at radius 2 is 0.506 bits per heavy atom. The number of unbranched alkanes of at least 4 members (excludes halogenated alkanes) is 26. The maximum Gasteiger partial charge on any atom is 0.306 e. The SMILES string of the molecule is CC/C=C\C/C=C\C/C=C\C/C=C\CCCCCCCCCCC(=O)OCC(COC(=O)CCCCCCCCC/C=C\C/C=C\CCCCC)OC(=O)CCCCCCCCCC/C=C\C/C=C\C/C=C\C/C=C\CC. The maximum atomic E-state index is 12.9. The molecule has 1 unspecified atom stereocenters. The third-order valence-electron chi connectivity index (χ3n) is 13.4. The largest absolute Gasteiger partial charge is 0.462 e. The van der Waals surface area contributed by atoms with E-state index in [1.807, 2.05) is 0 Å². The molecule has 0 aliphatic carbocycles. The topological polar surface area (TPSA) is 78.9 Å². The van der Waals surface area contributed by atoms with E-state index in [4.69, 9.17) is 14.2 Å². The smallest absolute Gasteiger partial charge is 0.306 e. The first-order valence-corrected chi connectivity index (χ1v) is 32.0. The normalized spacial score (nSPS) is 12.9. The van der Waals surface area contributed by atoms with Crippen molar-refractivity contribution in [3.63, 3.8) is 0 Å². The molecule has 0 amide bonds. The van der Waals surface area contributed by atoms with Crippen molar-refractivity contribution in [2.75, 3.05) is 13.2 Å². The highest BCUT2D eigenvalue weighted by atomic mass is 16.6. The van der Waals surface area contributed by atoms with Gasteiger partial charge in [0.05, 0.1) is 0 Å². The number of ether oxygens (including phenoxy) is 3. The first-order valence-electron chi connectivity index (χ1n) is 32.0. The van der Waals surface area contributed by atoms with Crippen molar-refractivity contribution in [1.82, 2.24) is 0 Å². The number of carbonyl (C=O) groups is 3. The molecule has 0 aromatic carbocycles. The minimum absolute atomic E-state index is 0.0900. The quantitative estimate of drug-likeness (QED) is 0.0261. The van der Waals surface area contributed by atoms with Crippen LogP contribution < -0.4 is 0 Å². The average Bonchev–Trinajstić information content (AvgIpc) is 3.43. The zero-order chi connectivity index (χ0) is 55.7. The summed E-state index contributed by atoms with van der Waals surface area (Å²) in [5.74, 6) is -0.907. The number of rotatable bonds is 57. The summed E-state index contributed by atoms with van der Waals surface area (Å²) in [7, 11) is 0. The van der Waals surface area contributed by atoms with Crippen molar-refractivity contribution in [2.24, 2.45) is 0 Å². The fraction of sp³-hybridized carbons (Fsp3) is 0.676. The molecule has 0 saturated carbocycles. The van der Waals surface area contributed by atoms with E-state index in [1.165, 1.54) is 116 Å². The third kappa shape index (κ3) is 62.5. The van der Waals surface area contributed by atoms with Crippen LogP contribution in [-0.4, -0.2) is 37.2 Å². The Bertz CT molecular complexity index is 1600. The van der Waals surface area contributed by atoms with Crippen LogP contribution in [-0.2, 0) is 28.6 Å². The highest BCUT2D eigenvalue weighted by Gasteiger charge is 2.19. The second-order valence-corrected chi connectivity index (χ2v) is 20.9. The number of hydrogen-bond acceptors (Lipinski definition) is 6. The van der Waals surface area contributed by atoms with Gasteiger partial charge in [-0.2, -0.15) is 0 Å². The fourth-order valence-electron chi connectivity index (χ4n) is 8.69. The van der Waals surface area contributed by atoms with E-state index in [-0.39, 0.29) is 31.1 Å². The fourth-order valence-corrected chi connectivity index (χ4v) is 8.69. The van der Waals surface area contributed by atoms with E-state index in [2.05, 4.69) is 142 Å². The highest BCUT2D eigenvalue weighted by Crippen LogP contribution is 2.15.